The van der Waals surface area contributed by atoms with E-state index in [4.69, 9.17) is 28.1 Å². The third-order valence-electron chi connectivity index (χ3n) is 6.66. The molecule has 0 N–H and O–H groups in total. The summed E-state index contributed by atoms with van der Waals surface area (Å²) in [5.41, 5.74) is 0.569. The van der Waals surface area contributed by atoms with Gasteiger partial charge in [-0.3, -0.25) is 0 Å². The van der Waals surface area contributed by atoms with Crippen molar-refractivity contribution in [1.82, 2.24) is 0 Å². The Hall–Kier alpha value is -3.82. The Labute approximate surface area is 243 Å². The van der Waals surface area contributed by atoms with E-state index in [0.717, 1.165) is 10.4 Å². The molecule has 8 nitrogen and oxygen atoms in total. The molecule has 0 aliphatic carbocycles. The standard InChI is InChI=1S/C32H40O8Si/c1-7-36-30(33)39-28(29(40-31(34)37-8-2)24-19-21-25(35-6)22-20-24)23-38-41(32(3,4)5,26-15-11-9-12-16-26)27-17-13-10-14-18-27/h9-22,28-29H,7-8,23H2,1-6H3/t28-,29-/m0/s1. The minimum atomic E-state index is -3.02. The molecule has 0 saturated heterocycles. The molecule has 0 radical (unpaired) electrons. The largest absolute Gasteiger partial charge is 0.509 e. The summed E-state index contributed by atoms with van der Waals surface area (Å²) in [4.78, 5) is 25.3. The molecule has 0 bridgehead atoms. The lowest BCUT2D eigenvalue weighted by Gasteiger charge is -2.44. The second kappa shape index (κ2) is 14.7. The van der Waals surface area contributed by atoms with Crippen LogP contribution in [0.2, 0.25) is 5.04 Å². The fraction of sp³-hybridized carbons (Fsp3) is 0.375. The van der Waals surface area contributed by atoms with Crippen LogP contribution in [0.4, 0.5) is 9.59 Å². The predicted octanol–water partition coefficient (Wildman–Crippen LogP) is 6.03. The smallest absolute Gasteiger partial charge is 0.497 e. The van der Waals surface area contributed by atoms with Crippen LogP contribution in [0.3, 0.4) is 0 Å². The number of benzene rings is 3. The van der Waals surface area contributed by atoms with E-state index in [9.17, 15) is 9.59 Å². The lowest BCUT2D eigenvalue weighted by molar-refractivity contribution is -0.0702. The van der Waals surface area contributed by atoms with Gasteiger partial charge in [0.2, 0.25) is 0 Å². The zero-order valence-electron chi connectivity index (χ0n) is 24.6. The van der Waals surface area contributed by atoms with Crippen molar-refractivity contribution in [3.8, 4) is 5.75 Å². The molecule has 0 spiro atoms. The Morgan fingerprint density at radius 2 is 1.22 bits per heavy atom. The molecule has 0 amide bonds. The molecule has 41 heavy (non-hydrogen) atoms. The minimum absolute atomic E-state index is 0.0812. The molecule has 220 valence electrons. The van der Waals surface area contributed by atoms with Crippen LogP contribution in [0.1, 0.15) is 46.3 Å². The molecule has 0 unspecified atom stereocenters. The van der Waals surface area contributed by atoms with E-state index in [1.54, 1.807) is 45.2 Å². The highest BCUT2D eigenvalue weighted by Gasteiger charge is 2.51. The van der Waals surface area contributed by atoms with Crippen molar-refractivity contribution >= 4 is 31.0 Å². The second-order valence-corrected chi connectivity index (χ2v) is 14.6. The third-order valence-corrected chi connectivity index (χ3v) is 11.7. The van der Waals surface area contributed by atoms with Gasteiger partial charge >= 0.3 is 12.3 Å². The highest BCUT2D eigenvalue weighted by molar-refractivity contribution is 6.99. The van der Waals surface area contributed by atoms with Crippen molar-refractivity contribution in [3.05, 3.63) is 90.5 Å². The van der Waals surface area contributed by atoms with Crippen LogP contribution in [0.5, 0.6) is 5.75 Å². The van der Waals surface area contributed by atoms with E-state index < -0.39 is 32.8 Å². The topological polar surface area (TPSA) is 89.5 Å². The highest BCUT2D eigenvalue weighted by atomic mass is 28.4. The van der Waals surface area contributed by atoms with Gasteiger partial charge in [0, 0.05) is 0 Å². The van der Waals surface area contributed by atoms with Crippen molar-refractivity contribution in [2.45, 2.75) is 51.9 Å². The zero-order chi connectivity index (χ0) is 29.9. The molecular formula is C32H40O8Si. The van der Waals surface area contributed by atoms with Crippen molar-refractivity contribution in [2.24, 2.45) is 0 Å². The first-order valence-electron chi connectivity index (χ1n) is 13.7. The second-order valence-electron chi connectivity index (χ2n) is 10.3. The molecule has 0 heterocycles. The lowest BCUT2D eigenvalue weighted by atomic mass is 10.0. The van der Waals surface area contributed by atoms with Gasteiger partial charge in [-0.25, -0.2) is 9.59 Å². The van der Waals surface area contributed by atoms with E-state index >= 15 is 0 Å². The quantitative estimate of drug-likeness (QED) is 0.190. The number of ether oxygens (including phenoxy) is 5. The Kier molecular flexibility index (Phi) is 11.4. The average molecular weight is 581 g/mol. The van der Waals surface area contributed by atoms with Gasteiger partial charge in [-0.15, -0.1) is 0 Å². The lowest BCUT2D eigenvalue weighted by Crippen LogP contribution is -2.67. The predicted molar refractivity (Wildman–Crippen MR) is 159 cm³/mol. The summed E-state index contributed by atoms with van der Waals surface area (Å²) in [6.07, 6.45) is -3.90. The van der Waals surface area contributed by atoms with Gasteiger partial charge < -0.3 is 28.1 Å². The summed E-state index contributed by atoms with van der Waals surface area (Å²) < 4.78 is 34.1. The first-order valence-corrected chi connectivity index (χ1v) is 15.6. The summed E-state index contributed by atoms with van der Waals surface area (Å²) in [6, 6.07) is 27.1. The molecule has 0 fully saturated rings. The van der Waals surface area contributed by atoms with Gasteiger partial charge in [0.1, 0.15) is 5.75 Å². The van der Waals surface area contributed by atoms with Crippen molar-refractivity contribution in [3.63, 3.8) is 0 Å². The van der Waals surface area contributed by atoms with Crippen LogP contribution < -0.4 is 15.1 Å². The van der Waals surface area contributed by atoms with E-state index in [1.807, 2.05) is 36.4 Å². The van der Waals surface area contributed by atoms with Crippen LogP contribution >= 0.6 is 0 Å². The summed E-state index contributed by atoms with van der Waals surface area (Å²) in [5.74, 6) is 0.620. The Morgan fingerprint density at radius 3 is 1.66 bits per heavy atom. The fourth-order valence-electron chi connectivity index (χ4n) is 4.84. The number of carbonyl (C=O) groups excluding carboxylic acids is 2. The molecule has 3 aromatic rings. The Morgan fingerprint density at radius 1 is 0.732 bits per heavy atom. The summed E-state index contributed by atoms with van der Waals surface area (Å²) in [7, 11) is -1.46. The van der Waals surface area contributed by atoms with Crippen molar-refractivity contribution < 1.29 is 37.7 Å². The Bertz CT molecular complexity index is 1190. The summed E-state index contributed by atoms with van der Waals surface area (Å²) >= 11 is 0. The van der Waals surface area contributed by atoms with E-state index in [-0.39, 0.29) is 24.9 Å². The van der Waals surface area contributed by atoms with Crippen LogP contribution in [0.25, 0.3) is 0 Å². The van der Waals surface area contributed by atoms with Gasteiger partial charge in [0.05, 0.1) is 26.9 Å². The van der Waals surface area contributed by atoms with Crippen molar-refractivity contribution in [2.75, 3.05) is 26.9 Å². The molecule has 2 atom stereocenters. The maximum atomic E-state index is 12.7. The first kappa shape index (κ1) is 31.7. The average Bonchev–Trinajstić information content (AvgIpc) is 2.96. The summed E-state index contributed by atoms with van der Waals surface area (Å²) in [5, 5.41) is 1.78. The van der Waals surface area contributed by atoms with Crippen LogP contribution in [0, 0.1) is 0 Å². The van der Waals surface area contributed by atoms with Crippen molar-refractivity contribution in [1.29, 1.82) is 0 Å². The third kappa shape index (κ3) is 7.89. The van der Waals surface area contributed by atoms with E-state index in [1.165, 1.54) is 0 Å². The molecule has 0 saturated carbocycles. The van der Waals surface area contributed by atoms with Crippen LogP contribution in [-0.2, 0) is 23.4 Å². The zero-order valence-corrected chi connectivity index (χ0v) is 25.6. The maximum Gasteiger partial charge on any atom is 0.509 e. The number of methoxy groups -OCH3 is 1. The van der Waals surface area contributed by atoms with Crippen LogP contribution in [-0.4, -0.2) is 53.7 Å². The number of hydrogen-bond acceptors (Lipinski definition) is 8. The molecule has 0 aliphatic rings. The monoisotopic (exact) mass is 580 g/mol. The van der Waals surface area contributed by atoms with E-state index in [2.05, 4.69) is 45.0 Å². The number of hydrogen-bond donors (Lipinski definition) is 0. The summed E-state index contributed by atoms with van der Waals surface area (Å²) in [6.45, 7) is 9.97. The minimum Gasteiger partial charge on any atom is -0.497 e. The molecular weight excluding hydrogens is 540 g/mol. The van der Waals surface area contributed by atoms with Gasteiger partial charge in [-0.2, -0.15) is 0 Å². The molecule has 3 aromatic carbocycles. The highest BCUT2D eigenvalue weighted by Crippen LogP contribution is 2.38. The van der Waals surface area contributed by atoms with Gasteiger partial charge in [0.25, 0.3) is 8.32 Å². The normalized spacial score (nSPS) is 13.0. The van der Waals surface area contributed by atoms with Gasteiger partial charge in [0.15, 0.2) is 12.2 Å². The SMILES string of the molecule is CCOC(=O)O[C@@H](CO[Si](c1ccccc1)(c1ccccc1)C(C)(C)C)[C@@H](OC(=O)OCC)c1ccc(OC)cc1. The Balaban J connectivity index is 2.12. The van der Waals surface area contributed by atoms with Gasteiger partial charge in [-0.1, -0.05) is 93.6 Å². The molecule has 9 heteroatoms. The number of carbonyl (C=O) groups is 2. The number of rotatable bonds is 12. The molecule has 3 rings (SSSR count). The fourth-order valence-corrected chi connectivity index (χ4v) is 9.40. The molecule has 0 aromatic heterocycles. The maximum absolute atomic E-state index is 12.7. The van der Waals surface area contributed by atoms with Gasteiger partial charge in [-0.05, 0) is 47.0 Å². The first-order chi connectivity index (χ1) is 19.7. The van der Waals surface area contributed by atoms with E-state index in [0.29, 0.717) is 11.3 Å². The van der Waals surface area contributed by atoms with Crippen LogP contribution in [0.15, 0.2) is 84.9 Å². The molecule has 0 aliphatic heterocycles.